The minimum Gasteiger partial charge on any atom is -0.427 e. The second kappa shape index (κ2) is 8.72. The van der Waals surface area contributed by atoms with Crippen LogP contribution in [-0.2, 0) is 10.0 Å². The Morgan fingerprint density at radius 2 is 1.96 bits per heavy atom. The molecule has 1 amide bonds. The van der Waals surface area contributed by atoms with Crippen LogP contribution < -0.4 is 16.1 Å². The van der Waals surface area contributed by atoms with Gasteiger partial charge in [0.25, 0.3) is 5.91 Å². The summed E-state index contributed by atoms with van der Waals surface area (Å²) >= 11 is 0. The average Bonchev–Trinajstić information content (AvgIpc) is 2.61. The number of carbonyl (C=O) groups is 1. The van der Waals surface area contributed by atoms with Gasteiger partial charge in [0.05, 0.1) is 5.25 Å². The van der Waals surface area contributed by atoms with Crippen LogP contribution in [0.25, 0.3) is 0 Å². The first-order valence-electron chi connectivity index (χ1n) is 8.93. The predicted molar refractivity (Wildman–Crippen MR) is 104 cm³/mol. The number of sulfonamides is 1. The van der Waals surface area contributed by atoms with E-state index in [0.29, 0.717) is 11.3 Å². The van der Waals surface area contributed by atoms with E-state index in [1.807, 2.05) is 0 Å². The summed E-state index contributed by atoms with van der Waals surface area (Å²) in [5.74, 6) is 0.353. The monoisotopic (exact) mass is 419 g/mol. The molecule has 2 aliphatic rings. The Balaban J connectivity index is 0.00000261. The zero-order valence-electron chi connectivity index (χ0n) is 15.3. The van der Waals surface area contributed by atoms with E-state index < -0.39 is 26.8 Å². The highest BCUT2D eigenvalue weighted by Gasteiger charge is 2.32. The van der Waals surface area contributed by atoms with Crippen LogP contribution in [0.1, 0.15) is 53.3 Å². The van der Waals surface area contributed by atoms with E-state index in [2.05, 4.69) is 5.32 Å². The lowest BCUT2D eigenvalue weighted by molar-refractivity contribution is 0.0719. The van der Waals surface area contributed by atoms with Crippen molar-refractivity contribution < 1.29 is 17.6 Å². The molecule has 1 atom stereocenters. The van der Waals surface area contributed by atoms with Gasteiger partial charge >= 0.3 is 5.63 Å². The van der Waals surface area contributed by atoms with Gasteiger partial charge in [0.1, 0.15) is 11.3 Å². The molecular formula is C17H26ClN3O5S. The fourth-order valence-corrected chi connectivity index (χ4v) is 4.60. The maximum Gasteiger partial charge on any atom is 0.349 e. The third-order valence-corrected chi connectivity index (χ3v) is 6.68. The summed E-state index contributed by atoms with van der Waals surface area (Å²) in [4.78, 5) is 26.7. The van der Waals surface area contributed by atoms with Crippen molar-refractivity contribution in [3.63, 3.8) is 0 Å². The van der Waals surface area contributed by atoms with Gasteiger partial charge in [0, 0.05) is 25.6 Å². The highest BCUT2D eigenvalue weighted by atomic mass is 35.5. The number of nitrogens with two attached hydrogens (primary N) is 1. The Morgan fingerprint density at radius 3 is 2.48 bits per heavy atom. The molecule has 0 spiro atoms. The lowest BCUT2D eigenvalue weighted by atomic mass is 9.95. The molecule has 2 fully saturated rings. The van der Waals surface area contributed by atoms with Gasteiger partial charge in [0.15, 0.2) is 0 Å². The van der Waals surface area contributed by atoms with E-state index in [-0.39, 0.29) is 49.8 Å². The lowest BCUT2D eigenvalue weighted by Crippen LogP contribution is -2.45. The van der Waals surface area contributed by atoms with E-state index in [9.17, 15) is 18.0 Å². The fourth-order valence-electron chi connectivity index (χ4n) is 3.73. The molecule has 10 heteroatoms. The highest BCUT2D eigenvalue weighted by Crippen LogP contribution is 2.24. The standard InChI is InChI=1S/C17H25N3O5S.ClH/c1-11-9-14(12-3-2-6-19-10-12)25-17(22)15(11)16(21)20-7-4-13(5-8-20)26(18,23)24;/h9,12-13,19H,2-8,10H2,1H3,(H2,18,23,24);1H. The third-order valence-electron chi connectivity index (χ3n) is 5.27. The lowest BCUT2D eigenvalue weighted by Gasteiger charge is -2.31. The number of primary sulfonamides is 1. The number of rotatable bonds is 3. The molecule has 27 heavy (non-hydrogen) atoms. The van der Waals surface area contributed by atoms with E-state index in [1.54, 1.807) is 13.0 Å². The van der Waals surface area contributed by atoms with Gasteiger partial charge in [-0.15, -0.1) is 12.4 Å². The number of nitrogens with zero attached hydrogens (tertiary/aromatic N) is 1. The van der Waals surface area contributed by atoms with Crippen molar-refractivity contribution in [2.45, 2.75) is 43.8 Å². The number of carbonyl (C=O) groups excluding carboxylic acids is 1. The molecule has 0 aliphatic carbocycles. The number of piperidine rings is 2. The van der Waals surface area contributed by atoms with Crippen molar-refractivity contribution in [3.8, 4) is 0 Å². The summed E-state index contributed by atoms with van der Waals surface area (Å²) < 4.78 is 28.3. The topological polar surface area (TPSA) is 123 Å². The van der Waals surface area contributed by atoms with Crippen LogP contribution in [0.3, 0.4) is 0 Å². The zero-order chi connectivity index (χ0) is 18.9. The first kappa shape index (κ1) is 21.9. The number of aryl methyl sites for hydroxylation is 1. The summed E-state index contributed by atoms with van der Waals surface area (Å²) in [6.07, 6.45) is 2.53. The first-order chi connectivity index (χ1) is 12.3. The Hall–Kier alpha value is -1.42. The van der Waals surface area contributed by atoms with Gasteiger partial charge in [-0.2, -0.15) is 0 Å². The summed E-state index contributed by atoms with van der Waals surface area (Å²) in [5, 5.41) is 7.82. The van der Waals surface area contributed by atoms with Crippen LogP contribution in [-0.4, -0.2) is 50.7 Å². The number of likely N-dealkylation sites (tertiary alicyclic amines) is 1. The number of halogens is 1. The Kier molecular flexibility index (Phi) is 7.07. The summed E-state index contributed by atoms with van der Waals surface area (Å²) in [6, 6.07) is 1.78. The van der Waals surface area contributed by atoms with Crippen molar-refractivity contribution in [2.24, 2.45) is 5.14 Å². The van der Waals surface area contributed by atoms with Crippen molar-refractivity contribution in [1.82, 2.24) is 10.2 Å². The average molecular weight is 420 g/mol. The molecule has 1 aromatic rings. The minimum absolute atomic E-state index is 0. The largest absolute Gasteiger partial charge is 0.427 e. The minimum atomic E-state index is -3.60. The Morgan fingerprint density at radius 1 is 1.30 bits per heavy atom. The molecule has 0 radical (unpaired) electrons. The number of hydrogen-bond donors (Lipinski definition) is 2. The number of nitrogens with one attached hydrogen (secondary N) is 1. The SMILES string of the molecule is Cc1cc(C2CCCNC2)oc(=O)c1C(=O)N1CCC(S(N)(=O)=O)CC1.Cl. The van der Waals surface area contributed by atoms with Crippen LogP contribution in [0.15, 0.2) is 15.3 Å². The Bertz CT molecular complexity index is 841. The molecule has 3 rings (SSSR count). The molecule has 8 nitrogen and oxygen atoms in total. The van der Waals surface area contributed by atoms with Gasteiger partial charge in [-0.1, -0.05) is 0 Å². The van der Waals surface area contributed by atoms with Crippen molar-refractivity contribution >= 4 is 28.3 Å². The van der Waals surface area contributed by atoms with Crippen molar-refractivity contribution in [3.05, 3.63) is 33.4 Å². The van der Waals surface area contributed by atoms with Gasteiger partial charge in [-0.05, 0) is 50.8 Å². The normalized spacial score (nSPS) is 21.6. The smallest absolute Gasteiger partial charge is 0.349 e. The van der Waals surface area contributed by atoms with Crippen LogP contribution in [0.5, 0.6) is 0 Å². The van der Waals surface area contributed by atoms with Crippen LogP contribution in [0.4, 0.5) is 0 Å². The molecule has 2 saturated heterocycles. The summed E-state index contributed by atoms with van der Waals surface area (Å²) in [7, 11) is -3.60. The maximum absolute atomic E-state index is 12.8. The quantitative estimate of drug-likeness (QED) is 0.744. The van der Waals surface area contributed by atoms with Crippen LogP contribution >= 0.6 is 12.4 Å². The third kappa shape index (κ3) is 4.90. The van der Waals surface area contributed by atoms with Crippen LogP contribution in [0.2, 0.25) is 0 Å². The van der Waals surface area contributed by atoms with Gasteiger partial charge < -0.3 is 14.6 Å². The maximum atomic E-state index is 12.8. The number of amides is 1. The van der Waals surface area contributed by atoms with Gasteiger partial charge in [-0.25, -0.2) is 18.4 Å². The second-order valence-electron chi connectivity index (χ2n) is 7.12. The Labute approximate surface area is 164 Å². The highest BCUT2D eigenvalue weighted by molar-refractivity contribution is 7.89. The second-order valence-corrected chi connectivity index (χ2v) is 8.96. The molecule has 1 aromatic heterocycles. The van der Waals surface area contributed by atoms with Crippen LogP contribution in [0, 0.1) is 6.92 Å². The van der Waals surface area contributed by atoms with E-state index in [1.165, 1.54) is 4.90 Å². The van der Waals surface area contributed by atoms with Gasteiger partial charge in [-0.3, -0.25) is 4.79 Å². The molecule has 0 aromatic carbocycles. The molecule has 1 unspecified atom stereocenters. The fraction of sp³-hybridized carbons (Fsp3) is 0.647. The summed E-state index contributed by atoms with van der Waals surface area (Å²) in [6.45, 7) is 3.97. The molecule has 3 heterocycles. The molecule has 0 bridgehead atoms. The van der Waals surface area contributed by atoms with Crippen molar-refractivity contribution in [1.29, 1.82) is 0 Å². The molecule has 2 aliphatic heterocycles. The van der Waals surface area contributed by atoms with E-state index in [0.717, 1.165) is 25.9 Å². The molecule has 3 N–H and O–H groups in total. The molecule has 152 valence electrons. The molecular weight excluding hydrogens is 394 g/mol. The zero-order valence-corrected chi connectivity index (χ0v) is 16.9. The van der Waals surface area contributed by atoms with E-state index in [4.69, 9.17) is 9.56 Å². The predicted octanol–water partition coefficient (Wildman–Crippen LogP) is 0.730. The number of hydrogen-bond acceptors (Lipinski definition) is 6. The van der Waals surface area contributed by atoms with Gasteiger partial charge in [0.2, 0.25) is 10.0 Å². The van der Waals surface area contributed by atoms with E-state index >= 15 is 0 Å². The molecule has 0 saturated carbocycles. The summed E-state index contributed by atoms with van der Waals surface area (Å²) in [5.41, 5.74) is 0.0103. The first-order valence-corrected chi connectivity index (χ1v) is 10.5. The van der Waals surface area contributed by atoms with Crippen molar-refractivity contribution in [2.75, 3.05) is 26.2 Å².